The van der Waals surface area contributed by atoms with Crippen molar-refractivity contribution < 1.29 is 0 Å². The van der Waals surface area contributed by atoms with E-state index in [1.165, 1.54) is 18.4 Å². The number of aryl methyl sites for hydroxylation is 1. The second-order valence-electron chi connectivity index (χ2n) is 3.19. The van der Waals surface area contributed by atoms with Crippen molar-refractivity contribution in [2.45, 2.75) is 26.2 Å². The SMILES string of the molecule is CCCCc1ccccc1NC(=S)S. The number of unbranched alkanes of at least 4 members (excludes halogenated alkanes) is 1. The van der Waals surface area contributed by atoms with Gasteiger partial charge < -0.3 is 5.32 Å². The maximum Gasteiger partial charge on any atom is 0.135 e. The van der Waals surface area contributed by atoms with Gasteiger partial charge >= 0.3 is 0 Å². The Morgan fingerprint density at radius 1 is 1.43 bits per heavy atom. The van der Waals surface area contributed by atoms with Crippen LogP contribution in [0.2, 0.25) is 0 Å². The number of hydrogen-bond donors (Lipinski definition) is 2. The molecule has 1 nitrogen and oxygen atoms in total. The molecular formula is C11H15NS2. The topological polar surface area (TPSA) is 12.0 Å². The number of para-hydroxylation sites is 1. The average Bonchev–Trinajstić information content (AvgIpc) is 2.16. The molecule has 1 N–H and O–H groups in total. The standard InChI is InChI=1S/C11H15NS2/c1-2-3-6-9-7-4-5-8-10(9)12-11(13)14/h4-5,7-8H,2-3,6H2,1H3,(H2,12,13,14). The van der Waals surface area contributed by atoms with E-state index in [2.05, 4.69) is 37.0 Å². The summed E-state index contributed by atoms with van der Waals surface area (Å²) in [6.45, 7) is 2.19. The molecule has 0 radical (unpaired) electrons. The van der Waals surface area contributed by atoms with Crippen molar-refractivity contribution in [3.63, 3.8) is 0 Å². The molecule has 0 aliphatic heterocycles. The summed E-state index contributed by atoms with van der Waals surface area (Å²) < 4.78 is 0.522. The van der Waals surface area contributed by atoms with Crippen molar-refractivity contribution in [2.75, 3.05) is 5.32 Å². The summed E-state index contributed by atoms with van der Waals surface area (Å²) in [5.74, 6) is 0. The Balaban J connectivity index is 2.74. The molecule has 0 atom stereocenters. The molecule has 0 bridgehead atoms. The van der Waals surface area contributed by atoms with Crippen molar-refractivity contribution >= 4 is 34.9 Å². The predicted molar refractivity (Wildman–Crippen MR) is 70.3 cm³/mol. The fraction of sp³-hybridized carbons (Fsp3) is 0.364. The van der Waals surface area contributed by atoms with Crippen LogP contribution in [0.15, 0.2) is 24.3 Å². The average molecular weight is 225 g/mol. The molecule has 0 aliphatic carbocycles. The van der Waals surface area contributed by atoms with Gasteiger partial charge in [0.05, 0.1) is 0 Å². The highest BCUT2D eigenvalue weighted by molar-refractivity contribution is 8.11. The van der Waals surface area contributed by atoms with E-state index in [1.54, 1.807) is 0 Å². The molecule has 0 heterocycles. The van der Waals surface area contributed by atoms with Gasteiger partial charge in [-0.1, -0.05) is 43.8 Å². The van der Waals surface area contributed by atoms with Gasteiger partial charge in [-0.2, -0.15) is 0 Å². The van der Waals surface area contributed by atoms with Gasteiger partial charge in [-0.05, 0) is 24.5 Å². The predicted octanol–water partition coefficient (Wildman–Crippen LogP) is 3.66. The highest BCUT2D eigenvalue weighted by Crippen LogP contribution is 2.17. The van der Waals surface area contributed by atoms with Crippen LogP contribution in [-0.2, 0) is 6.42 Å². The van der Waals surface area contributed by atoms with E-state index in [-0.39, 0.29) is 0 Å². The first kappa shape index (κ1) is 11.5. The van der Waals surface area contributed by atoms with E-state index in [1.807, 2.05) is 12.1 Å². The lowest BCUT2D eigenvalue weighted by molar-refractivity contribution is 0.796. The van der Waals surface area contributed by atoms with Crippen LogP contribution in [0.25, 0.3) is 0 Å². The first-order chi connectivity index (χ1) is 6.74. The van der Waals surface area contributed by atoms with Crippen molar-refractivity contribution in [2.24, 2.45) is 0 Å². The Kier molecular flexibility index (Phi) is 4.98. The van der Waals surface area contributed by atoms with Crippen LogP contribution in [0.4, 0.5) is 5.69 Å². The summed E-state index contributed by atoms with van der Waals surface area (Å²) in [4.78, 5) is 0. The number of anilines is 1. The molecule has 0 aliphatic rings. The minimum atomic E-state index is 0.522. The van der Waals surface area contributed by atoms with Gasteiger partial charge in [-0.3, -0.25) is 0 Å². The van der Waals surface area contributed by atoms with Gasteiger partial charge in [-0.25, -0.2) is 0 Å². The van der Waals surface area contributed by atoms with E-state index < -0.39 is 0 Å². The zero-order valence-electron chi connectivity index (χ0n) is 8.29. The minimum Gasteiger partial charge on any atom is -0.341 e. The molecule has 1 rings (SSSR count). The number of rotatable bonds is 4. The van der Waals surface area contributed by atoms with Crippen LogP contribution in [0.1, 0.15) is 25.3 Å². The van der Waals surface area contributed by atoms with Crippen LogP contribution in [-0.4, -0.2) is 4.32 Å². The van der Waals surface area contributed by atoms with Gasteiger partial charge in [0.1, 0.15) is 4.32 Å². The smallest absolute Gasteiger partial charge is 0.135 e. The maximum absolute atomic E-state index is 4.90. The zero-order chi connectivity index (χ0) is 10.4. The third kappa shape index (κ3) is 3.68. The lowest BCUT2D eigenvalue weighted by Crippen LogP contribution is -2.03. The van der Waals surface area contributed by atoms with Gasteiger partial charge in [-0.15, -0.1) is 12.6 Å². The normalized spacial score (nSPS) is 9.86. The van der Waals surface area contributed by atoms with Crippen LogP contribution in [0, 0.1) is 0 Å². The molecule has 0 aromatic heterocycles. The third-order valence-corrected chi connectivity index (χ3v) is 2.27. The van der Waals surface area contributed by atoms with Crippen LogP contribution in [0.3, 0.4) is 0 Å². The largest absolute Gasteiger partial charge is 0.341 e. The molecule has 0 fully saturated rings. The van der Waals surface area contributed by atoms with Crippen LogP contribution < -0.4 is 5.32 Å². The fourth-order valence-electron chi connectivity index (χ4n) is 1.34. The van der Waals surface area contributed by atoms with Crippen molar-refractivity contribution in [3.8, 4) is 0 Å². The molecule has 0 spiro atoms. The molecule has 3 heteroatoms. The summed E-state index contributed by atoms with van der Waals surface area (Å²) in [5.41, 5.74) is 2.40. The highest BCUT2D eigenvalue weighted by atomic mass is 32.1. The molecule has 1 aromatic rings. The van der Waals surface area contributed by atoms with Gasteiger partial charge in [0, 0.05) is 5.69 Å². The monoisotopic (exact) mass is 225 g/mol. The first-order valence-electron chi connectivity index (χ1n) is 4.82. The van der Waals surface area contributed by atoms with E-state index in [0.717, 1.165) is 12.1 Å². The Bertz CT molecular complexity index is 310. The lowest BCUT2D eigenvalue weighted by Gasteiger charge is -2.09. The summed E-state index contributed by atoms with van der Waals surface area (Å²) in [6.07, 6.45) is 3.51. The molecular weight excluding hydrogens is 210 g/mol. The molecule has 0 saturated heterocycles. The number of nitrogens with one attached hydrogen (secondary N) is 1. The summed E-state index contributed by atoms with van der Waals surface area (Å²) >= 11 is 8.97. The second kappa shape index (κ2) is 6.04. The summed E-state index contributed by atoms with van der Waals surface area (Å²) in [6, 6.07) is 8.22. The number of hydrogen-bond acceptors (Lipinski definition) is 1. The summed E-state index contributed by atoms with van der Waals surface area (Å²) in [7, 11) is 0. The Morgan fingerprint density at radius 3 is 2.79 bits per heavy atom. The Labute approximate surface area is 96.3 Å². The molecule has 0 saturated carbocycles. The van der Waals surface area contributed by atoms with Crippen LogP contribution in [0.5, 0.6) is 0 Å². The van der Waals surface area contributed by atoms with Crippen molar-refractivity contribution in [1.29, 1.82) is 0 Å². The summed E-state index contributed by atoms with van der Waals surface area (Å²) in [5, 5.41) is 3.08. The van der Waals surface area contributed by atoms with Gasteiger partial charge in [0.25, 0.3) is 0 Å². The van der Waals surface area contributed by atoms with E-state index in [0.29, 0.717) is 4.32 Å². The van der Waals surface area contributed by atoms with E-state index in [4.69, 9.17) is 12.2 Å². The first-order valence-corrected chi connectivity index (χ1v) is 5.67. The minimum absolute atomic E-state index is 0.522. The molecule has 1 aromatic carbocycles. The lowest BCUT2D eigenvalue weighted by atomic mass is 10.1. The molecule has 0 amide bonds. The quantitative estimate of drug-likeness (QED) is 0.599. The highest BCUT2D eigenvalue weighted by Gasteiger charge is 2.00. The van der Waals surface area contributed by atoms with Gasteiger partial charge in [0.2, 0.25) is 0 Å². The van der Waals surface area contributed by atoms with Crippen molar-refractivity contribution in [1.82, 2.24) is 0 Å². The zero-order valence-corrected chi connectivity index (χ0v) is 10.00. The second-order valence-corrected chi connectivity index (χ2v) is 4.35. The Morgan fingerprint density at radius 2 is 2.14 bits per heavy atom. The van der Waals surface area contributed by atoms with Crippen molar-refractivity contribution in [3.05, 3.63) is 29.8 Å². The molecule has 14 heavy (non-hydrogen) atoms. The third-order valence-electron chi connectivity index (χ3n) is 2.06. The van der Waals surface area contributed by atoms with Crippen LogP contribution >= 0.6 is 24.8 Å². The number of benzene rings is 1. The number of thiocarbonyl (C=S) groups is 1. The molecule has 0 unspecified atom stereocenters. The Hall–Kier alpha value is -0.540. The maximum atomic E-state index is 4.90. The molecule has 76 valence electrons. The van der Waals surface area contributed by atoms with E-state index in [9.17, 15) is 0 Å². The fourth-order valence-corrected chi connectivity index (χ4v) is 1.57. The van der Waals surface area contributed by atoms with E-state index >= 15 is 0 Å². The van der Waals surface area contributed by atoms with Gasteiger partial charge in [0.15, 0.2) is 0 Å². The number of thiol groups is 1.